The minimum Gasteiger partial charge on any atom is -0.396 e. The molecule has 0 saturated carbocycles. The van der Waals surface area contributed by atoms with Gasteiger partial charge in [0.2, 0.25) is 0 Å². The second-order valence-electron chi connectivity index (χ2n) is 1.55. The van der Waals surface area contributed by atoms with Crippen molar-refractivity contribution in [1.82, 2.24) is 0 Å². The van der Waals surface area contributed by atoms with E-state index in [1.54, 1.807) is 0 Å². The summed E-state index contributed by atoms with van der Waals surface area (Å²) in [5, 5.41) is 0. The first-order valence-electron chi connectivity index (χ1n) is 2.68. The fourth-order valence-electron chi connectivity index (χ4n) is 0.156. The van der Waals surface area contributed by atoms with Gasteiger partial charge in [-0.05, 0) is 0 Å². The van der Waals surface area contributed by atoms with Crippen LogP contribution in [0.1, 0.15) is 0 Å². The molecule has 3 nitrogen and oxygen atoms in total. The van der Waals surface area contributed by atoms with Crippen molar-refractivity contribution in [2.45, 2.75) is 0 Å². The van der Waals surface area contributed by atoms with E-state index >= 15 is 0 Å². The van der Waals surface area contributed by atoms with Crippen molar-refractivity contribution in [2.24, 2.45) is 0 Å². The third kappa shape index (κ3) is 15.2. The molecule has 0 unspecified atom stereocenters. The molecule has 0 saturated heterocycles. The van der Waals surface area contributed by atoms with Gasteiger partial charge in [-0.15, -0.1) is 0 Å². The summed E-state index contributed by atoms with van der Waals surface area (Å²) >= 11 is 0. The Balaban J connectivity index is 0. The van der Waals surface area contributed by atoms with E-state index in [0.717, 1.165) is 0 Å². The summed E-state index contributed by atoms with van der Waals surface area (Å²) in [7, 11) is -5.67. The van der Waals surface area contributed by atoms with E-state index < -0.39 is 34.8 Å². The van der Waals surface area contributed by atoms with E-state index in [-0.39, 0.29) is 0 Å². The molecule has 0 aromatic rings. The lowest BCUT2D eigenvalue weighted by molar-refractivity contribution is 0.109. The predicted molar refractivity (Wildman–Crippen MR) is 32.9 cm³/mol. The Morgan fingerprint density at radius 2 is 0.938 bits per heavy atom. The molecular weight excluding hydrogens is 280 g/mol. The highest BCUT2D eigenvalue weighted by Crippen LogP contribution is 2.19. The van der Waals surface area contributed by atoms with Crippen LogP contribution in [0.4, 0.5) is 34.1 Å². The van der Waals surface area contributed by atoms with Gasteiger partial charge < -0.3 is 4.74 Å². The van der Waals surface area contributed by atoms with Gasteiger partial charge in [-0.2, -0.15) is 34.8 Å². The highest BCUT2D eigenvalue weighted by Gasteiger charge is 2.13. The van der Waals surface area contributed by atoms with Crippen LogP contribution in [0.5, 0.6) is 0 Å². The summed E-state index contributed by atoms with van der Waals surface area (Å²) in [4.78, 5) is 0. The topological polar surface area (TPSA) is 43.4 Å². The molecule has 0 N–H and O–H groups in total. The lowest BCUT2D eigenvalue weighted by atomic mass is 10.9. The summed E-state index contributed by atoms with van der Waals surface area (Å²) in [6, 6.07) is -5.37. The SMILES string of the molecule is FC(F)=C(F)OC(F)=C(F)F.O=S(=O)(F)F. The van der Waals surface area contributed by atoms with Gasteiger partial charge in [-0.3, -0.25) is 0 Å². The van der Waals surface area contributed by atoms with Crippen LogP contribution in [0.3, 0.4) is 0 Å². The van der Waals surface area contributed by atoms with Gasteiger partial charge in [0.1, 0.15) is 0 Å². The molecule has 12 heteroatoms. The van der Waals surface area contributed by atoms with Crippen molar-refractivity contribution in [3.05, 3.63) is 24.2 Å². The summed E-state index contributed by atoms with van der Waals surface area (Å²) in [5.41, 5.74) is 0. The number of rotatable bonds is 2. The van der Waals surface area contributed by atoms with Crippen molar-refractivity contribution in [1.29, 1.82) is 0 Å². The number of hydrogen-bond donors (Lipinski definition) is 0. The van der Waals surface area contributed by atoms with Gasteiger partial charge >= 0.3 is 34.8 Å². The van der Waals surface area contributed by atoms with Gasteiger partial charge in [0, 0.05) is 0 Å². The largest absolute Gasteiger partial charge is 0.476 e. The van der Waals surface area contributed by atoms with E-state index in [0.29, 0.717) is 0 Å². The molecule has 0 aromatic carbocycles. The van der Waals surface area contributed by atoms with Gasteiger partial charge in [0.05, 0.1) is 0 Å². The summed E-state index contributed by atoms with van der Waals surface area (Å²) in [6.07, 6.45) is -6.03. The average Bonchev–Trinajstić information content (AvgIpc) is 2.00. The second kappa shape index (κ2) is 7.03. The lowest BCUT2D eigenvalue weighted by Crippen LogP contribution is -1.85. The van der Waals surface area contributed by atoms with Gasteiger partial charge in [0.25, 0.3) is 0 Å². The maximum atomic E-state index is 11.4. The third-order valence-corrected chi connectivity index (χ3v) is 0.476. The predicted octanol–water partition coefficient (Wildman–Crippen LogP) is 3.24. The molecule has 0 bridgehead atoms. The molecule has 0 aliphatic heterocycles. The first-order chi connectivity index (χ1) is 6.95. The van der Waals surface area contributed by atoms with Crippen LogP contribution in [-0.2, 0) is 15.3 Å². The maximum Gasteiger partial charge on any atom is 0.476 e. The van der Waals surface area contributed by atoms with Crippen LogP contribution in [0.2, 0.25) is 0 Å². The Labute approximate surface area is 83.1 Å². The molecule has 0 radical (unpaired) electrons. The summed E-state index contributed by atoms with van der Waals surface area (Å²) < 4.78 is 106. The van der Waals surface area contributed by atoms with Crippen LogP contribution in [-0.4, -0.2) is 8.42 Å². The number of hydrogen-bond acceptors (Lipinski definition) is 3. The van der Waals surface area contributed by atoms with Gasteiger partial charge in [-0.25, -0.2) is 0 Å². The van der Waals surface area contributed by atoms with Crippen molar-refractivity contribution < 1.29 is 47.3 Å². The van der Waals surface area contributed by atoms with E-state index in [2.05, 4.69) is 4.74 Å². The molecule has 0 aliphatic carbocycles. The van der Waals surface area contributed by atoms with Crippen LogP contribution in [0.15, 0.2) is 24.2 Å². The molecule has 0 atom stereocenters. The molecule has 0 heterocycles. The normalized spacial score (nSPS) is 9.75. The van der Waals surface area contributed by atoms with Crippen LogP contribution >= 0.6 is 0 Å². The second-order valence-corrected chi connectivity index (χ2v) is 2.31. The summed E-state index contributed by atoms with van der Waals surface area (Å²) in [5.74, 6) is 0. The fraction of sp³-hybridized carbons (Fsp3) is 0. The van der Waals surface area contributed by atoms with Crippen molar-refractivity contribution in [2.75, 3.05) is 0 Å². The standard InChI is InChI=1S/C4F6O.F2O2S/c5-1(6)3(9)11-4(10)2(7)8;1-5(2,3)4. The Kier molecular flexibility index (Phi) is 7.50. The van der Waals surface area contributed by atoms with Crippen molar-refractivity contribution >= 4 is 10.6 Å². The smallest absolute Gasteiger partial charge is 0.396 e. The molecule has 96 valence electrons. The van der Waals surface area contributed by atoms with Crippen molar-refractivity contribution in [3.8, 4) is 0 Å². The maximum absolute atomic E-state index is 11.4. The highest BCUT2D eigenvalue weighted by molar-refractivity contribution is 7.81. The van der Waals surface area contributed by atoms with E-state index in [1.165, 1.54) is 0 Å². The van der Waals surface area contributed by atoms with Crippen molar-refractivity contribution in [3.63, 3.8) is 0 Å². The van der Waals surface area contributed by atoms with Gasteiger partial charge in [-0.1, -0.05) is 7.77 Å². The molecule has 0 aromatic heterocycles. The van der Waals surface area contributed by atoms with Crippen LogP contribution in [0, 0.1) is 0 Å². The first kappa shape index (κ1) is 17.1. The van der Waals surface area contributed by atoms with Crippen LogP contribution in [0.25, 0.3) is 0 Å². The van der Waals surface area contributed by atoms with E-state index in [9.17, 15) is 34.1 Å². The first-order valence-corrected chi connectivity index (χ1v) is 3.97. The number of ether oxygens (including phenoxy) is 1. The highest BCUT2D eigenvalue weighted by atomic mass is 32.3. The monoisotopic (exact) mass is 280 g/mol. The zero-order chi connectivity index (χ0) is 13.5. The molecule has 0 fully saturated rings. The van der Waals surface area contributed by atoms with E-state index in [1.807, 2.05) is 0 Å². The lowest BCUT2D eigenvalue weighted by Gasteiger charge is -1.94. The Morgan fingerprint density at radius 1 is 0.750 bits per heavy atom. The van der Waals surface area contributed by atoms with Crippen LogP contribution < -0.4 is 0 Å². The Bertz CT molecular complexity index is 346. The Morgan fingerprint density at radius 3 is 1.06 bits per heavy atom. The average molecular weight is 280 g/mol. The zero-order valence-electron chi connectivity index (χ0n) is 6.66. The molecule has 0 aliphatic rings. The molecule has 0 spiro atoms. The number of halogens is 8. The quantitative estimate of drug-likeness (QED) is 0.443. The third-order valence-electron chi connectivity index (χ3n) is 0.476. The Hall–Kier alpha value is -1.33. The summed E-state index contributed by atoms with van der Waals surface area (Å²) in [6.45, 7) is 0. The molecule has 0 amide bonds. The zero-order valence-corrected chi connectivity index (χ0v) is 7.47. The fourth-order valence-corrected chi connectivity index (χ4v) is 0.156. The minimum atomic E-state index is -5.67. The molecule has 16 heavy (non-hydrogen) atoms. The van der Waals surface area contributed by atoms with E-state index in [4.69, 9.17) is 8.42 Å². The molecular formula is C4F8O3S. The van der Waals surface area contributed by atoms with Gasteiger partial charge in [0.15, 0.2) is 0 Å². The minimum absolute atomic E-state index is 2.68. The molecule has 0 rings (SSSR count).